The van der Waals surface area contributed by atoms with Gasteiger partial charge in [-0.15, -0.1) is 0 Å². The second-order valence-electron chi connectivity index (χ2n) is 6.91. The smallest absolute Gasteiger partial charge is 0.207 e. The second-order valence-corrected chi connectivity index (χ2v) is 6.91. The summed E-state index contributed by atoms with van der Waals surface area (Å²) in [6.07, 6.45) is 11.9. The Hall–Kier alpha value is -0.530. The van der Waals surface area contributed by atoms with Gasteiger partial charge in [-0.2, -0.15) is 0 Å². The first-order valence-corrected chi connectivity index (χ1v) is 7.45. The molecule has 4 rings (SSSR count). The minimum absolute atomic E-state index is 0.457. The summed E-state index contributed by atoms with van der Waals surface area (Å²) in [6, 6.07) is 0.457. The summed E-state index contributed by atoms with van der Waals surface area (Å²) >= 11 is 0. The number of rotatable bonds is 5. The molecule has 2 nitrogen and oxygen atoms in total. The number of carbonyl (C=O) groups excluding carboxylic acids is 1. The minimum atomic E-state index is 0.457. The summed E-state index contributed by atoms with van der Waals surface area (Å²) in [5, 5.41) is 3.16. The zero-order valence-electron chi connectivity index (χ0n) is 11.0. The van der Waals surface area contributed by atoms with Crippen molar-refractivity contribution in [2.45, 2.75) is 64.3 Å². The van der Waals surface area contributed by atoms with Gasteiger partial charge < -0.3 is 5.32 Å². The van der Waals surface area contributed by atoms with Gasteiger partial charge in [0.15, 0.2) is 0 Å². The van der Waals surface area contributed by atoms with Crippen LogP contribution in [0.5, 0.6) is 0 Å². The van der Waals surface area contributed by atoms with Crippen LogP contribution in [-0.4, -0.2) is 12.5 Å². The zero-order valence-corrected chi connectivity index (χ0v) is 11.0. The molecule has 4 aliphatic carbocycles. The molecular weight excluding hydrogens is 210 g/mol. The van der Waals surface area contributed by atoms with E-state index in [9.17, 15) is 4.79 Å². The van der Waals surface area contributed by atoms with Crippen molar-refractivity contribution in [2.24, 2.45) is 23.2 Å². The highest BCUT2D eigenvalue weighted by molar-refractivity contribution is 5.47. The molecule has 1 amide bonds. The van der Waals surface area contributed by atoms with Crippen molar-refractivity contribution >= 4 is 6.41 Å². The van der Waals surface area contributed by atoms with Gasteiger partial charge in [0.2, 0.25) is 6.41 Å². The molecule has 0 heterocycles. The zero-order chi connectivity index (χ0) is 11.9. The fourth-order valence-corrected chi connectivity index (χ4v) is 5.54. The molecule has 4 fully saturated rings. The lowest BCUT2D eigenvalue weighted by atomic mass is 9.47. The monoisotopic (exact) mass is 235 g/mol. The minimum Gasteiger partial charge on any atom is -0.355 e. The van der Waals surface area contributed by atoms with Gasteiger partial charge in [0.25, 0.3) is 0 Å². The molecule has 4 saturated carbocycles. The number of carbonyl (C=O) groups is 1. The summed E-state index contributed by atoms with van der Waals surface area (Å²) in [5.41, 5.74) is 0.478. The van der Waals surface area contributed by atoms with Crippen molar-refractivity contribution in [3.05, 3.63) is 0 Å². The van der Waals surface area contributed by atoms with E-state index in [4.69, 9.17) is 0 Å². The van der Waals surface area contributed by atoms with Crippen molar-refractivity contribution in [2.75, 3.05) is 0 Å². The highest BCUT2D eigenvalue weighted by atomic mass is 16.1. The van der Waals surface area contributed by atoms with E-state index in [1.807, 2.05) is 0 Å². The van der Waals surface area contributed by atoms with E-state index in [0.29, 0.717) is 11.5 Å². The van der Waals surface area contributed by atoms with Crippen LogP contribution in [0, 0.1) is 23.2 Å². The maximum Gasteiger partial charge on any atom is 0.207 e. The first-order chi connectivity index (χ1) is 8.25. The second kappa shape index (κ2) is 4.29. The van der Waals surface area contributed by atoms with E-state index >= 15 is 0 Å². The fourth-order valence-electron chi connectivity index (χ4n) is 5.54. The van der Waals surface area contributed by atoms with Crippen molar-refractivity contribution in [3.8, 4) is 0 Å². The van der Waals surface area contributed by atoms with Crippen LogP contribution in [0.15, 0.2) is 0 Å². The van der Waals surface area contributed by atoms with Gasteiger partial charge in [-0.1, -0.05) is 13.3 Å². The Kier molecular flexibility index (Phi) is 2.92. The van der Waals surface area contributed by atoms with Gasteiger partial charge in [-0.25, -0.2) is 0 Å². The lowest BCUT2D eigenvalue weighted by molar-refractivity contribution is -0.115. The molecule has 17 heavy (non-hydrogen) atoms. The van der Waals surface area contributed by atoms with Crippen LogP contribution in [0.25, 0.3) is 0 Å². The highest BCUT2D eigenvalue weighted by Gasteiger charge is 2.53. The van der Waals surface area contributed by atoms with E-state index in [0.717, 1.165) is 24.2 Å². The maximum absolute atomic E-state index is 10.9. The van der Waals surface area contributed by atoms with Crippen molar-refractivity contribution < 1.29 is 4.79 Å². The molecule has 96 valence electrons. The summed E-state index contributed by atoms with van der Waals surface area (Å²) in [7, 11) is 0. The number of nitrogens with one attached hydrogen (secondary N) is 1. The molecule has 0 aliphatic heterocycles. The first kappa shape index (κ1) is 11.6. The van der Waals surface area contributed by atoms with Gasteiger partial charge in [-0.05, 0) is 68.1 Å². The highest BCUT2D eigenvalue weighted by Crippen LogP contribution is 2.61. The Morgan fingerprint density at radius 1 is 1.18 bits per heavy atom. The van der Waals surface area contributed by atoms with Crippen molar-refractivity contribution in [1.29, 1.82) is 0 Å². The molecule has 0 spiro atoms. The van der Waals surface area contributed by atoms with Gasteiger partial charge in [0.05, 0.1) is 0 Å². The summed E-state index contributed by atoms with van der Waals surface area (Å²) in [5.74, 6) is 2.94. The third-order valence-electron chi connectivity index (χ3n) is 5.67. The molecule has 0 radical (unpaired) electrons. The molecule has 4 aliphatic rings. The molecule has 4 bridgehead atoms. The van der Waals surface area contributed by atoms with Crippen LogP contribution in [0.2, 0.25) is 0 Å². The van der Waals surface area contributed by atoms with E-state index < -0.39 is 0 Å². The van der Waals surface area contributed by atoms with E-state index in [-0.39, 0.29) is 0 Å². The van der Waals surface area contributed by atoms with Crippen LogP contribution in [-0.2, 0) is 4.79 Å². The molecule has 1 atom stereocenters. The topological polar surface area (TPSA) is 29.1 Å². The number of hydrogen-bond donors (Lipinski definition) is 1. The van der Waals surface area contributed by atoms with Gasteiger partial charge in [0.1, 0.15) is 0 Å². The normalized spacial score (nSPS) is 44.6. The predicted octanol–water partition coefficient (Wildman–Crippen LogP) is 3.12. The Balaban J connectivity index is 1.81. The maximum atomic E-state index is 10.9. The summed E-state index contributed by atoms with van der Waals surface area (Å²) < 4.78 is 0. The first-order valence-electron chi connectivity index (χ1n) is 7.45. The Bertz CT molecular complexity index is 264. The molecule has 0 saturated heterocycles. The van der Waals surface area contributed by atoms with E-state index in [1.54, 1.807) is 0 Å². The summed E-state index contributed by atoms with van der Waals surface area (Å²) in [6.45, 7) is 2.24. The number of amides is 1. The average Bonchev–Trinajstić information content (AvgIpc) is 2.27. The lowest BCUT2D eigenvalue weighted by Gasteiger charge is -2.59. The molecule has 2 heteroatoms. The van der Waals surface area contributed by atoms with Gasteiger partial charge in [-0.3, -0.25) is 4.79 Å². The van der Waals surface area contributed by atoms with E-state index in [1.165, 1.54) is 51.4 Å². The lowest BCUT2D eigenvalue weighted by Crippen LogP contribution is -2.55. The van der Waals surface area contributed by atoms with E-state index in [2.05, 4.69) is 12.2 Å². The largest absolute Gasteiger partial charge is 0.355 e. The number of hydrogen-bond acceptors (Lipinski definition) is 1. The van der Waals surface area contributed by atoms with Crippen molar-refractivity contribution in [1.82, 2.24) is 5.32 Å². The average molecular weight is 235 g/mol. The Labute approximate surface area is 105 Å². The van der Waals surface area contributed by atoms with Crippen LogP contribution in [0.4, 0.5) is 0 Å². The van der Waals surface area contributed by atoms with Crippen LogP contribution in [0.3, 0.4) is 0 Å². The van der Waals surface area contributed by atoms with Crippen molar-refractivity contribution in [3.63, 3.8) is 0 Å². The van der Waals surface area contributed by atoms with Crippen LogP contribution in [0.1, 0.15) is 58.3 Å². The molecule has 1 N–H and O–H groups in total. The standard InChI is InChI=1S/C15H25NO/c1-2-3-14(16-10-17)15-7-11-4-12(8-15)6-13(5-11)9-15/h10-14H,2-9H2,1H3,(H,16,17). The third kappa shape index (κ3) is 1.90. The third-order valence-corrected chi connectivity index (χ3v) is 5.67. The van der Waals surface area contributed by atoms with Crippen LogP contribution < -0.4 is 5.32 Å². The fraction of sp³-hybridized carbons (Fsp3) is 0.933. The Morgan fingerprint density at radius 2 is 1.71 bits per heavy atom. The molecule has 0 aromatic carbocycles. The summed E-state index contributed by atoms with van der Waals surface area (Å²) in [4.78, 5) is 10.9. The molecule has 0 aromatic rings. The van der Waals surface area contributed by atoms with Gasteiger partial charge in [0, 0.05) is 6.04 Å². The van der Waals surface area contributed by atoms with Gasteiger partial charge >= 0.3 is 0 Å². The Morgan fingerprint density at radius 3 is 2.12 bits per heavy atom. The predicted molar refractivity (Wildman–Crippen MR) is 68.5 cm³/mol. The SMILES string of the molecule is CCCC(NC=O)C12CC3CC(CC(C3)C1)C2. The molecule has 0 aromatic heterocycles. The van der Waals surface area contributed by atoms with Crippen LogP contribution >= 0.6 is 0 Å². The molecule has 1 unspecified atom stereocenters. The quantitative estimate of drug-likeness (QED) is 0.729. The molecular formula is C15H25NO.